The third-order valence-corrected chi connectivity index (χ3v) is 7.02. The Morgan fingerprint density at radius 2 is 1.47 bits per heavy atom. The second-order valence-electron chi connectivity index (χ2n) is 9.39. The molecule has 2 aromatic rings. The molecule has 2 aromatic carbocycles. The van der Waals surface area contributed by atoms with Crippen molar-refractivity contribution in [2.75, 3.05) is 14.2 Å². The van der Waals surface area contributed by atoms with Crippen LogP contribution in [-0.4, -0.2) is 56.4 Å². The highest BCUT2D eigenvalue weighted by Gasteiger charge is 2.51. The molecule has 1 atom stereocenters. The fourth-order valence-corrected chi connectivity index (χ4v) is 4.28. The van der Waals surface area contributed by atoms with Crippen molar-refractivity contribution in [1.29, 1.82) is 0 Å². The molecule has 0 aromatic heterocycles. The maximum Gasteiger partial charge on any atom is 0.494 e. The van der Waals surface area contributed by atoms with Gasteiger partial charge in [0.15, 0.2) is 0 Å². The van der Waals surface area contributed by atoms with Crippen molar-refractivity contribution in [3.8, 4) is 0 Å². The number of methoxy groups -OCH3 is 2. The second kappa shape index (κ2) is 10.8. The number of nitrogens with one attached hydrogen (secondary N) is 1. The highest BCUT2D eigenvalue weighted by Crippen LogP contribution is 2.36. The molecule has 1 unspecified atom stereocenters. The molecule has 1 fully saturated rings. The molecular weight excluding hydrogens is 508 g/mol. The van der Waals surface area contributed by atoms with Crippen molar-refractivity contribution in [3.63, 3.8) is 0 Å². The van der Waals surface area contributed by atoms with Gasteiger partial charge in [-0.1, -0.05) is 47.5 Å². The first-order valence-electron chi connectivity index (χ1n) is 11.2. The molecule has 0 aliphatic carbocycles. The van der Waals surface area contributed by atoms with E-state index in [9.17, 15) is 14.4 Å². The van der Waals surface area contributed by atoms with Gasteiger partial charge in [0, 0.05) is 6.42 Å². The zero-order valence-corrected chi connectivity index (χ0v) is 22.5. The van der Waals surface area contributed by atoms with Crippen LogP contribution in [0, 0.1) is 0 Å². The molecule has 0 bridgehead atoms. The molecule has 11 heteroatoms. The van der Waals surface area contributed by atoms with E-state index in [0.29, 0.717) is 0 Å². The van der Waals surface area contributed by atoms with E-state index in [0.717, 1.165) is 11.0 Å². The summed E-state index contributed by atoms with van der Waals surface area (Å²) in [5.41, 5.74) is 0.693. The summed E-state index contributed by atoms with van der Waals surface area (Å²) < 4.78 is 21.7. The number of amides is 1. The third-order valence-electron chi connectivity index (χ3n) is 6.43. The van der Waals surface area contributed by atoms with E-state index in [1.165, 1.54) is 26.4 Å². The smallest absolute Gasteiger partial charge is 0.467 e. The normalized spacial score (nSPS) is 16.8. The third kappa shape index (κ3) is 5.86. The highest BCUT2D eigenvalue weighted by atomic mass is 35.5. The Morgan fingerprint density at radius 1 is 0.944 bits per heavy atom. The first-order valence-corrected chi connectivity index (χ1v) is 12.0. The first-order chi connectivity index (χ1) is 16.8. The maximum absolute atomic E-state index is 13.0. The van der Waals surface area contributed by atoms with Crippen LogP contribution in [0.4, 0.5) is 0 Å². The Bertz CT molecular complexity index is 1130. The monoisotopic (exact) mass is 535 g/mol. The Hall–Kier alpha value is -2.59. The average Bonchev–Trinajstić information content (AvgIpc) is 3.04. The van der Waals surface area contributed by atoms with Crippen LogP contribution >= 0.6 is 23.2 Å². The fraction of sp³-hybridized carbons (Fsp3) is 0.400. The quantitative estimate of drug-likeness (QED) is 0.427. The molecule has 0 saturated carbocycles. The van der Waals surface area contributed by atoms with Crippen LogP contribution in [0.25, 0.3) is 0 Å². The average molecular weight is 536 g/mol. The van der Waals surface area contributed by atoms with E-state index >= 15 is 0 Å². The number of carbonyl (C=O) groups excluding carboxylic acids is 3. The minimum absolute atomic E-state index is 0.0595. The summed E-state index contributed by atoms with van der Waals surface area (Å²) in [6, 6.07) is 8.89. The summed E-state index contributed by atoms with van der Waals surface area (Å²) in [6.45, 7) is 7.91. The molecule has 36 heavy (non-hydrogen) atoms. The van der Waals surface area contributed by atoms with Crippen molar-refractivity contribution in [3.05, 3.63) is 63.1 Å². The predicted molar refractivity (Wildman–Crippen MR) is 137 cm³/mol. The summed E-state index contributed by atoms with van der Waals surface area (Å²) in [5.74, 6) is -1.98. The van der Waals surface area contributed by atoms with Gasteiger partial charge in [0.05, 0.1) is 46.6 Å². The first kappa shape index (κ1) is 28.0. The molecule has 192 valence electrons. The summed E-state index contributed by atoms with van der Waals surface area (Å²) in [7, 11) is 1.93. The van der Waals surface area contributed by atoms with Crippen LogP contribution in [0.1, 0.15) is 54.0 Å². The number of benzene rings is 2. The molecule has 1 amide bonds. The van der Waals surface area contributed by atoms with Crippen LogP contribution in [0.3, 0.4) is 0 Å². The number of hydrogen-bond acceptors (Lipinski definition) is 7. The lowest BCUT2D eigenvalue weighted by atomic mass is 9.78. The predicted octanol–water partition coefficient (Wildman–Crippen LogP) is 3.59. The topological polar surface area (TPSA) is 100 Å². The number of halogens is 2. The van der Waals surface area contributed by atoms with E-state index < -0.39 is 42.2 Å². The molecular formula is C25H28BCl2NO7. The molecule has 1 heterocycles. The van der Waals surface area contributed by atoms with E-state index in [-0.39, 0.29) is 27.6 Å². The molecule has 0 spiro atoms. The summed E-state index contributed by atoms with van der Waals surface area (Å²) >= 11 is 12.4. The standard InChI is InChI=1S/C25H28BCl2NO7/c1-24(2)25(3,4)36-26(35-24)16-9-7-14(8-10-16)11-19(23(32)34-6)29-21(30)20-17(27)12-15(13-18(20)28)22(31)33-5/h7-10,12-13,19H,11H2,1-6H3,(H,29,30). The van der Waals surface area contributed by atoms with Gasteiger partial charge >= 0.3 is 19.1 Å². The Morgan fingerprint density at radius 3 is 1.94 bits per heavy atom. The largest absolute Gasteiger partial charge is 0.494 e. The number of rotatable bonds is 7. The van der Waals surface area contributed by atoms with Crippen molar-refractivity contribution in [2.45, 2.75) is 51.4 Å². The Balaban J connectivity index is 1.76. The lowest BCUT2D eigenvalue weighted by Crippen LogP contribution is -2.43. The molecule has 1 aliphatic heterocycles. The van der Waals surface area contributed by atoms with E-state index in [1.54, 1.807) is 0 Å². The number of hydrogen-bond donors (Lipinski definition) is 1. The van der Waals surface area contributed by atoms with Crippen molar-refractivity contribution in [1.82, 2.24) is 5.32 Å². The molecule has 3 rings (SSSR count). The lowest BCUT2D eigenvalue weighted by Gasteiger charge is -2.32. The minimum Gasteiger partial charge on any atom is -0.467 e. The van der Waals surface area contributed by atoms with Gasteiger partial charge in [-0.3, -0.25) is 4.79 Å². The van der Waals surface area contributed by atoms with Crippen LogP contribution in [-0.2, 0) is 30.0 Å². The molecule has 1 N–H and O–H groups in total. The van der Waals surface area contributed by atoms with Gasteiger partial charge in [-0.15, -0.1) is 0 Å². The van der Waals surface area contributed by atoms with Crippen LogP contribution in [0.2, 0.25) is 10.0 Å². The van der Waals surface area contributed by atoms with Gasteiger partial charge in [-0.05, 0) is 50.9 Å². The fourth-order valence-electron chi connectivity index (χ4n) is 3.62. The number of carbonyl (C=O) groups is 3. The van der Waals surface area contributed by atoms with Gasteiger partial charge in [-0.25, -0.2) is 9.59 Å². The van der Waals surface area contributed by atoms with Gasteiger partial charge in [0.2, 0.25) is 0 Å². The van der Waals surface area contributed by atoms with Crippen LogP contribution in [0.15, 0.2) is 36.4 Å². The molecule has 8 nitrogen and oxygen atoms in total. The maximum atomic E-state index is 13.0. The molecule has 0 radical (unpaired) electrons. The van der Waals surface area contributed by atoms with Gasteiger partial charge in [0.1, 0.15) is 6.04 Å². The van der Waals surface area contributed by atoms with Gasteiger partial charge < -0.3 is 24.1 Å². The number of esters is 2. The van der Waals surface area contributed by atoms with Crippen molar-refractivity contribution in [2.24, 2.45) is 0 Å². The molecule has 1 saturated heterocycles. The van der Waals surface area contributed by atoms with E-state index in [2.05, 4.69) is 10.1 Å². The summed E-state index contributed by atoms with van der Waals surface area (Å²) in [5, 5.41) is 2.50. The Labute approximate surface area is 220 Å². The van der Waals surface area contributed by atoms with Crippen molar-refractivity contribution >= 4 is 53.6 Å². The van der Waals surface area contributed by atoms with Gasteiger partial charge in [0.25, 0.3) is 5.91 Å². The Kier molecular flexibility index (Phi) is 8.40. The van der Waals surface area contributed by atoms with Crippen LogP contribution in [0.5, 0.6) is 0 Å². The zero-order chi connectivity index (χ0) is 26.8. The second-order valence-corrected chi connectivity index (χ2v) is 10.2. The van der Waals surface area contributed by atoms with E-state index in [4.69, 9.17) is 37.2 Å². The van der Waals surface area contributed by atoms with E-state index in [1.807, 2.05) is 52.0 Å². The van der Waals surface area contributed by atoms with Gasteiger partial charge in [-0.2, -0.15) is 0 Å². The summed E-state index contributed by atoms with van der Waals surface area (Å²) in [4.78, 5) is 37.2. The molecule has 1 aliphatic rings. The van der Waals surface area contributed by atoms with Crippen LogP contribution < -0.4 is 10.8 Å². The minimum atomic E-state index is -1.02. The zero-order valence-electron chi connectivity index (χ0n) is 20.9. The highest BCUT2D eigenvalue weighted by molar-refractivity contribution is 6.62. The summed E-state index contributed by atoms with van der Waals surface area (Å²) in [6.07, 6.45) is 0.150. The lowest BCUT2D eigenvalue weighted by molar-refractivity contribution is -0.142. The van der Waals surface area contributed by atoms with Crippen molar-refractivity contribution < 1.29 is 33.2 Å². The SMILES string of the molecule is COC(=O)c1cc(Cl)c(C(=O)NC(Cc2ccc(B3OC(C)(C)C(C)(C)O3)cc2)C(=O)OC)c(Cl)c1. The number of ether oxygens (including phenoxy) is 2.